The van der Waals surface area contributed by atoms with Gasteiger partial charge in [-0.3, -0.25) is 0 Å². The van der Waals surface area contributed by atoms with E-state index in [1.54, 1.807) is 0 Å². The molecule has 1 aromatic carbocycles. The quantitative estimate of drug-likeness (QED) is 0.855. The Morgan fingerprint density at radius 3 is 2.71 bits per heavy atom. The molecule has 2 aliphatic carbocycles. The van der Waals surface area contributed by atoms with Crippen LogP contribution in [0.15, 0.2) is 24.3 Å². The maximum absolute atomic E-state index is 6.32. The lowest BCUT2D eigenvalue weighted by Crippen LogP contribution is -2.19. The second kappa shape index (κ2) is 4.62. The molecule has 4 atom stereocenters. The number of benzene rings is 1. The summed E-state index contributed by atoms with van der Waals surface area (Å²) in [5.41, 5.74) is 7.45. The van der Waals surface area contributed by atoms with Crippen LogP contribution < -0.4 is 5.73 Å². The van der Waals surface area contributed by atoms with E-state index in [-0.39, 0.29) is 6.04 Å². The molecule has 2 heteroatoms. The summed E-state index contributed by atoms with van der Waals surface area (Å²) in [6, 6.07) is 8.13. The zero-order valence-electron chi connectivity index (χ0n) is 10.1. The number of rotatable bonds is 3. The van der Waals surface area contributed by atoms with Crippen molar-refractivity contribution in [3.05, 3.63) is 34.9 Å². The first kappa shape index (κ1) is 11.6. The molecule has 0 radical (unpaired) electrons. The van der Waals surface area contributed by atoms with Crippen molar-refractivity contribution < 1.29 is 0 Å². The highest BCUT2D eigenvalue weighted by atomic mass is 35.5. The molecule has 0 saturated heterocycles. The van der Waals surface area contributed by atoms with E-state index in [9.17, 15) is 0 Å². The van der Waals surface area contributed by atoms with Crippen molar-refractivity contribution >= 4 is 11.6 Å². The van der Waals surface area contributed by atoms with Crippen LogP contribution in [0.1, 0.15) is 43.7 Å². The lowest BCUT2D eigenvalue weighted by atomic mass is 9.83. The molecule has 2 N–H and O–H groups in total. The molecular formula is C15H20ClN. The average Bonchev–Trinajstić information content (AvgIpc) is 2.91. The average molecular weight is 250 g/mol. The minimum atomic E-state index is 0.119. The summed E-state index contributed by atoms with van der Waals surface area (Å²) in [5.74, 6) is 2.80. The van der Waals surface area contributed by atoms with E-state index in [4.69, 9.17) is 17.3 Å². The molecule has 0 heterocycles. The minimum absolute atomic E-state index is 0.119. The van der Waals surface area contributed by atoms with Gasteiger partial charge in [0.1, 0.15) is 0 Å². The van der Waals surface area contributed by atoms with Crippen molar-refractivity contribution in [3.63, 3.8) is 0 Å². The van der Waals surface area contributed by atoms with Gasteiger partial charge in [-0.25, -0.2) is 0 Å². The molecule has 2 bridgehead atoms. The van der Waals surface area contributed by atoms with Gasteiger partial charge in [0.25, 0.3) is 0 Å². The van der Waals surface area contributed by atoms with Crippen molar-refractivity contribution in [1.29, 1.82) is 0 Å². The van der Waals surface area contributed by atoms with Gasteiger partial charge < -0.3 is 5.73 Å². The molecule has 2 fully saturated rings. The zero-order chi connectivity index (χ0) is 11.8. The molecule has 92 valence electrons. The summed E-state index contributed by atoms with van der Waals surface area (Å²) in [4.78, 5) is 0. The molecule has 2 aliphatic rings. The van der Waals surface area contributed by atoms with Gasteiger partial charge >= 0.3 is 0 Å². The zero-order valence-corrected chi connectivity index (χ0v) is 10.9. The Morgan fingerprint density at radius 2 is 2.06 bits per heavy atom. The van der Waals surface area contributed by atoms with Crippen LogP contribution in [0.2, 0.25) is 5.02 Å². The number of hydrogen-bond donors (Lipinski definition) is 1. The Morgan fingerprint density at radius 1 is 1.24 bits per heavy atom. The third kappa shape index (κ3) is 2.23. The molecular weight excluding hydrogens is 230 g/mol. The van der Waals surface area contributed by atoms with E-state index in [0.717, 1.165) is 34.8 Å². The Bertz CT molecular complexity index is 404. The predicted octanol–water partition coefficient (Wildman–Crippen LogP) is 4.17. The van der Waals surface area contributed by atoms with Crippen LogP contribution in [0.5, 0.6) is 0 Å². The Labute approximate surface area is 108 Å². The van der Waals surface area contributed by atoms with Crippen LogP contribution in [0.4, 0.5) is 0 Å². The summed E-state index contributed by atoms with van der Waals surface area (Å²) in [5, 5.41) is 0.822. The van der Waals surface area contributed by atoms with Crippen LogP contribution in [0.3, 0.4) is 0 Å². The maximum Gasteiger partial charge on any atom is 0.0453 e. The molecule has 0 amide bonds. The third-order valence-corrected chi connectivity index (χ3v) is 5.09. The van der Waals surface area contributed by atoms with Gasteiger partial charge in [-0.2, -0.15) is 0 Å². The van der Waals surface area contributed by atoms with Gasteiger partial charge in [-0.1, -0.05) is 36.2 Å². The number of hydrogen-bond acceptors (Lipinski definition) is 1. The first-order valence-electron chi connectivity index (χ1n) is 6.74. The lowest BCUT2D eigenvalue weighted by Gasteiger charge is -2.25. The van der Waals surface area contributed by atoms with Gasteiger partial charge in [-0.15, -0.1) is 0 Å². The van der Waals surface area contributed by atoms with E-state index in [0.29, 0.717) is 0 Å². The molecule has 17 heavy (non-hydrogen) atoms. The fourth-order valence-electron chi connectivity index (χ4n) is 3.89. The number of halogens is 1. The maximum atomic E-state index is 6.32. The van der Waals surface area contributed by atoms with E-state index >= 15 is 0 Å². The Balaban J connectivity index is 1.68. The van der Waals surface area contributed by atoms with Crippen LogP contribution in [-0.4, -0.2) is 0 Å². The van der Waals surface area contributed by atoms with Gasteiger partial charge in [-0.05, 0) is 55.1 Å². The Hall–Kier alpha value is -0.530. The van der Waals surface area contributed by atoms with Crippen LogP contribution >= 0.6 is 11.6 Å². The van der Waals surface area contributed by atoms with Crippen molar-refractivity contribution in [2.24, 2.45) is 23.5 Å². The highest BCUT2D eigenvalue weighted by Gasteiger charge is 2.39. The van der Waals surface area contributed by atoms with Gasteiger partial charge in [0.05, 0.1) is 0 Å². The largest absolute Gasteiger partial charge is 0.324 e. The summed E-state index contributed by atoms with van der Waals surface area (Å²) in [6.07, 6.45) is 6.88. The van der Waals surface area contributed by atoms with E-state index in [1.165, 1.54) is 25.7 Å². The van der Waals surface area contributed by atoms with E-state index in [1.807, 2.05) is 18.2 Å². The first-order valence-corrected chi connectivity index (χ1v) is 7.12. The molecule has 0 aromatic heterocycles. The smallest absolute Gasteiger partial charge is 0.0453 e. The van der Waals surface area contributed by atoms with Crippen LogP contribution in [0, 0.1) is 17.8 Å². The molecule has 3 rings (SSSR count). The minimum Gasteiger partial charge on any atom is -0.324 e. The van der Waals surface area contributed by atoms with Crippen molar-refractivity contribution in [2.45, 2.75) is 38.1 Å². The van der Waals surface area contributed by atoms with E-state index < -0.39 is 0 Å². The highest BCUT2D eigenvalue weighted by Crippen LogP contribution is 2.50. The van der Waals surface area contributed by atoms with Crippen molar-refractivity contribution in [1.82, 2.24) is 0 Å². The molecule has 1 aromatic rings. The summed E-state index contributed by atoms with van der Waals surface area (Å²) in [6.45, 7) is 0. The second-order valence-electron chi connectivity index (χ2n) is 5.80. The van der Waals surface area contributed by atoms with Gasteiger partial charge in [0.2, 0.25) is 0 Å². The molecule has 4 unspecified atom stereocenters. The second-order valence-corrected chi connectivity index (χ2v) is 6.21. The monoisotopic (exact) mass is 249 g/mol. The van der Waals surface area contributed by atoms with Crippen molar-refractivity contribution in [2.75, 3.05) is 0 Å². The summed E-state index contributed by atoms with van der Waals surface area (Å²) >= 11 is 6.20. The topological polar surface area (TPSA) is 26.0 Å². The van der Waals surface area contributed by atoms with Crippen LogP contribution in [0.25, 0.3) is 0 Å². The van der Waals surface area contributed by atoms with Crippen LogP contribution in [-0.2, 0) is 0 Å². The normalized spacial score (nSPS) is 32.9. The lowest BCUT2D eigenvalue weighted by molar-refractivity contribution is 0.296. The SMILES string of the molecule is NC(CC1CC2CCC1C2)c1ccccc1Cl. The fraction of sp³-hybridized carbons (Fsp3) is 0.600. The first-order chi connectivity index (χ1) is 8.24. The Kier molecular flexibility index (Phi) is 3.14. The summed E-state index contributed by atoms with van der Waals surface area (Å²) < 4.78 is 0. The summed E-state index contributed by atoms with van der Waals surface area (Å²) in [7, 11) is 0. The van der Waals surface area contributed by atoms with E-state index in [2.05, 4.69) is 6.07 Å². The number of fused-ring (bicyclic) bond motifs is 2. The molecule has 0 aliphatic heterocycles. The standard InChI is InChI=1S/C15H20ClN/c16-14-4-2-1-3-13(14)15(17)9-12-8-10-5-6-11(12)7-10/h1-4,10-12,15H,5-9,17H2. The third-order valence-electron chi connectivity index (χ3n) is 4.75. The number of nitrogens with two attached hydrogens (primary N) is 1. The molecule has 1 nitrogen and oxygen atoms in total. The highest BCUT2D eigenvalue weighted by molar-refractivity contribution is 6.31. The fourth-order valence-corrected chi connectivity index (χ4v) is 4.17. The van der Waals surface area contributed by atoms with Gasteiger partial charge in [0, 0.05) is 11.1 Å². The molecule has 2 saturated carbocycles. The predicted molar refractivity (Wildman–Crippen MR) is 71.9 cm³/mol. The molecule has 0 spiro atoms. The van der Waals surface area contributed by atoms with Crippen molar-refractivity contribution in [3.8, 4) is 0 Å². The van der Waals surface area contributed by atoms with Gasteiger partial charge in [0.15, 0.2) is 0 Å².